The number of likely N-dealkylation sites (tertiary alicyclic amines) is 1. The highest BCUT2D eigenvalue weighted by molar-refractivity contribution is 5.99. The number of Topliss-reactive ketones (excluding diaryl/α,β-unsaturated/α-hetero) is 1. The second kappa shape index (κ2) is 11.3. The van der Waals surface area contributed by atoms with Crippen molar-refractivity contribution >= 4 is 23.3 Å². The van der Waals surface area contributed by atoms with Crippen LogP contribution in [0.5, 0.6) is 0 Å². The van der Waals surface area contributed by atoms with Gasteiger partial charge in [0.25, 0.3) is 5.91 Å². The Balaban J connectivity index is 1.44. The van der Waals surface area contributed by atoms with Crippen LogP contribution in [0.15, 0.2) is 24.3 Å². The summed E-state index contributed by atoms with van der Waals surface area (Å²) in [5, 5.41) is 2.99. The minimum absolute atomic E-state index is 0.0403. The van der Waals surface area contributed by atoms with Gasteiger partial charge < -0.3 is 24.8 Å². The molecule has 3 fully saturated rings. The lowest BCUT2D eigenvalue weighted by Gasteiger charge is -2.35. The van der Waals surface area contributed by atoms with Crippen LogP contribution < -0.4 is 10.2 Å². The summed E-state index contributed by atoms with van der Waals surface area (Å²) >= 11 is 0. The van der Waals surface area contributed by atoms with E-state index >= 15 is 0 Å². The standard InChI is InChI=1S/C28H42N4O4/c1-6-30-11-13-31(14-12-30)21-9-7-20(8-10-21)27(34)29-23(15-18(2)3)28(35)32-16-22(19(4)5)26-25(32)24(33)17-36-26/h7-10,18-19,22-23,25-26H,6,11-17H2,1-5H3,(H,29,34)/t22-,23?,25+,26+/m0/s1. The van der Waals surface area contributed by atoms with Crippen molar-refractivity contribution in [2.24, 2.45) is 17.8 Å². The molecule has 1 N–H and O–H groups in total. The van der Waals surface area contributed by atoms with E-state index in [1.54, 1.807) is 4.90 Å². The Hall–Kier alpha value is -2.45. The number of hydrogen-bond acceptors (Lipinski definition) is 6. The molecule has 8 heteroatoms. The lowest BCUT2D eigenvalue weighted by atomic mass is 9.91. The number of likely N-dealkylation sites (N-methyl/N-ethyl adjacent to an activating group) is 1. The minimum Gasteiger partial charge on any atom is -0.369 e. The maximum atomic E-state index is 13.7. The predicted molar refractivity (Wildman–Crippen MR) is 140 cm³/mol. The van der Waals surface area contributed by atoms with E-state index < -0.39 is 12.1 Å². The molecule has 0 aromatic heterocycles. The number of anilines is 1. The average Bonchev–Trinajstić information content (AvgIpc) is 3.44. The van der Waals surface area contributed by atoms with E-state index in [1.807, 2.05) is 38.1 Å². The zero-order valence-electron chi connectivity index (χ0n) is 22.4. The van der Waals surface area contributed by atoms with Crippen molar-refractivity contribution in [1.82, 2.24) is 15.1 Å². The molecule has 2 amide bonds. The Labute approximate surface area is 215 Å². The molecule has 1 unspecified atom stereocenters. The minimum atomic E-state index is -0.681. The molecule has 3 aliphatic rings. The Morgan fingerprint density at radius 2 is 1.72 bits per heavy atom. The summed E-state index contributed by atoms with van der Waals surface area (Å²) < 4.78 is 5.79. The maximum absolute atomic E-state index is 13.7. The van der Waals surface area contributed by atoms with E-state index in [0.29, 0.717) is 24.4 Å². The molecule has 36 heavy (non-hydrogen) atoms. The number of fused-ring (bicyclic) bond motifs is 1. The van der Waals surface area contributed by atoms with Gasteiger partial charge in [0.1, 0.15) is 18.7 Å². The van der Waals surface area contributed by atoms with E-state index in [-0.39, 0.29) is 42.1 Å². The first-order chi connectivity index (χ1) is 17.2. The topological polar surface area (TPSA) is 82.2 Å². The van der Waals surface area contributed by atoms with Crippen LogP contribution in [-0.4, -0.2) is 91.5 Å². The number of ketones is 1. The van der Waals surface area contributed by atoms with Crippen LogP contribution >= 0.6 is 0 Å². The summed E-state index contributed by atoms with van der Waals surface area (Å²) in [6, 6.07) is 6.43. The van der Waals surface area contributed by atoms with Gasteiger partial charge in [0.15, 0.2) is 5.78 Å². The smallest absolute Gasteiger partial charge is 0.251 e. The monoisotopic (exact) mass is 498 g/mol. The quantitative estimate of drug-likeness (QED) is 0.593. The number of amides is 2. The Bertz CT molecular complexity index is 939. The molecule has 3 heterocycles. The van der Waals surface area contributed by atoms with Gasteiger partial charge in [-0.05, 0) is 49.1 Å². The largest absolute Gasteiger partial charge is 0.369 e. The zero-order valence-corrected chi connectivity index (χ0v) is 22.4. The lowest BCUT2D eigenvalue weighted by Crippen LogP contribution is -2.52. The van der Waals surface area contributed by atoms with Gasteiger partial charge in [0.2, 0.25) is 5.91 Å². The Morgan fingerprint density at radius 1 is 1.06 bits per heavy atom. The molecule has 1 aromatic rings. The fraction of sp³-hybridized carbons (Fsp3) is 0.679. The van der Waals surface area contributed by atoms with Crippen molar-refractivity contribution in [3.8, 4) is 0 Å². The first-order valence-electron chi connectivity index (χ1n) is 13.5. The van der Waals surface area contributed by atoms with Crippen LogP contribution in [-0.2, 0) is 14.3 Å². The van der Waals surface area contributed by atoms with Crippen molar-refractivity contribution in [2.75, 3.05) is 50.8 Å². The van der Waals surface area contributed by atoms with Gasteiger partial charge in [-0.25, -0.2) is 0 Å². The summed E-state index contributed by atoms with van der Waals surface area (Å²) in [5.74, 6) is 0.135. The van der Waals surface area contributed by atoms with Crippen molar-refractivity contribution in [2.45, 2.75) is 59.2 Å². The summed E-state index contributed by atoms with van der Waals surface area (Å²) in [6.07, 6.45) is 0.267. The number of rotatable bonds is 8. The van der Waals surface area contributed by atoms with Gasteiger partial charge in [-0.1, -0.05) is 34.6 Å². The van der Waals surface area contributed by atoms with E-state index in [2.05, 4.69) is 35.9 Å². The van der Waals surface area contributed by atoms with Crippen molar-refractivity contribution in [3.05, 3.63) is 29.8 Å². The van der Waals surface area contributed by atoms with Gasteiger partial charge in [0.05, 0.1) is 6.10 Å². The molecule has 0 spiro atoms. The number of hydrogen-bond donors (Lipinski definition) is 1. The van der Waals surface area contributed by atoms with E-state index in [0.717, 1.165) is 38.4 Å². The predicted octanol–water partition coefficient (Wildman–Crippen LogP) is 2.42. The second-order valence-corrected chi connectivity index (χ2v) is 11.2. The fourth-order valence-corrected chi connectivity index (χ4v) is 5.79. The molecule has 198 valence electrons. The SMILES string of the molecule is CCN1CCN(c2ccc(C(=O)NC(CC(C)C)C(=O)N3C[C@@H](C(C)C)[C@H]4OCC(=O)[C@H]43)cc2)CC1. The molecule has 4 atom stereocenters. The van der Waals surface area contributed by atoms with Crippen molar-refractivity contribution in [3.63, 3.8) is 0 Å². The highest BCUT2D eigenvalue weighted by Gasteiger charge is 2.53. The summed E-state index contributed by atoms with van der Waals surface area (Å²) in [5.41, 5.74) is 1.65. The molecule has 3 saturated heterocycles. The van der Waals surface area contributed by atoms with Crippen LogP contribution in [0.1, 0.15) is 51.4 Å². The number of carbonyl (C=O) groups is 3. The Morgan fingerprint density at radius 3 is 2.31 bits per heavy atom. The number of piperazine rings is 1. The van der Waals surface area contributed by atoms with Crippen LogP contribution in [0.4, 0.5) is 5.69 Å². The molecule has 4 rings (SSSR count). The van der Waals surface area contributed by atoms with E-state index in [9.17, 15) is 14.4 Å². The second-order valence-electron chi connectivity index (χ2n) is 11.2. The summed E-state index contributed by atoms with van der Waals surface area (Å²) in [7, 11) is 0. The highest BCUT2D eigenvalue weighted by Crippen LogP contribution is 2.36. The third kappa shape index (κ3) is 5.59. The first kappa shape index (κ1) is 26.6. The normalized spacial score (nSPS) is 25.5. The molecular formula is C28H42N4O4. The number of ether oxygens (including phenoxy) is 1. The van der Waals surface area contributed by atoms with E-state index in [1.165, 1.54) is 0 Å². The third-order valence-electron chi connectivity index (χ3n) is 7.99. The highest BCUT2D eigenvalue weighted by atomic mass is 16.5. The molecule has 1 aromatic carbocycles. The number of carbonyl (C=O) groups excluding carboxylic acids is 3. The zero-order chi connectivity index (χ0) is 26.0. The molecule has 0 aliphatic carbocycles. The van der Waals surface area contributed by atoms with Crippen LogP contribution in [0.25, 0.3) is 0 Å². The fourth-order valence-electron chi connectivity index (χ4n) is 5.79. The van der Waals surface area contributed by atoms with Crippen LogP contribution in [0, 0.1) is 17.8 Å². The summed E-state index contributed by atoms with van der Waals surface area (Å²) in [4.78, 5) is 46.0. The molecule has 0 radical (unpaired) electrons. The molecule has 0 bridgehead atoms. The molecule has 0 saturated carbocycles. The average molecular weight is 499 g/mol. The number of benzene rings is 1. The molecule has 8 nitrogen and oxygen atoms in total. The Kier molecular flexibility index (Phi) is 8.35. The molecular weight excluding hydrogens is 456 g/mol. The lowest BCUT2D eigenvalue weighted by molar-refractivity contribution is -0.138. The number of nitrogens with one attached hydrogen (secondary N) is 1. The maximum Gasteiger partial charge on any atom is 0.251 e. The number of nitrogens with zero attached hydrogens (tertiary/aromatic N) is 3. The van der Waals surface area contributed by atoms with Gasteiger partial charge in [-0.15, -0.1) is 0 Å². The van der Waals surface area contributed by atoms with Crippen LogP contribution in [0.3, 0.4) is 0 Å². The van der Waals surface area contributed by atoms with Crippen LogP contribution in [0.2, 0.25) is 0 Å². The van der Waals surface area contributed by atoms with Gasteiger partial charge in [-0.2, -0.15) is 0 Å². The van der Waals surface area contributed by atoms with Gasteiger partial charge in [-0.3, -0.25) is 14.4 Å². The van der Waals surface area contributed by atoms with Gasteiger partial charge in [0, 0.05) is 49.9 Å². The van der Waals surface area contributed by atoms with Crippen molar-refractivity contribution in [1.29, 1.82) is 0 Å². The third-order valence-corrected chi connectivity index (χ3v) is 7.99. The summed E-state index contributed by atoms with van der Waals surface area (Å²) in [6.45, 7) is 16.1. The van der Waals surface area contributed by atoms with Gasteiger partial charge >= 0.3 is 0 Å². The first-order valence-corrected chi connectivity index (χ1v) is 13.5. The van der Waals surface area contributed by atoms with E-state index in [4.69, 9.17) is 4.74 Å². The van der Waals surface area contributed by atoms with Crippen molar-refractivity contribution < 1.29 is 19.1 Å². The molecule has 3 aliphatic heterocycles.